The molecule has 0 spiro atoms. The molecule has 3 aromatic carbocycles. The van der Waals surface area contributed by atoms with Gasteiger partial charge in [0, 0.05) is 73.7 Å². The number of nitrogens with one attached hydrogen (secondary N) is 2. The average Bonchev–Trinajstić information content (AvgIpc) is 3.37. The molecule has 7 amide bonds. The van der Waals surface area contributed by atoms with Gasteiger partial charge in [-0.2, -0.15) is 0 Å². The van der Waals surface area contributed by atoms with E-state index in [9.17, 15) is 28.8 Å². The molecule has 3 aromatic rings. The Labute approximate surface area is 294 Å². The van der Waals surface area contributed by atoms with Crippen LogP contribution < -0.4 is 20.4 Å². The molecule has 258 valence electrons. The van der Waals surface area contributed by atoms with Gasteiger partial charge < -0.3 is 15.1 Å². The molecule has 4 aliphatic heterocycles. The van der Waals surface area contributed by atoms with Crippen molar-refractivity contribution in [3.63, 3.8) is 0 Å². The number of anilines is 2. The molecule has 1 atom stereocenters. The Bertz CT molecular complexity index is 1920. The molecule has 2 N–H and O–H groups in total. The molecule has 3 fully saturated rings. The van der Waals surface area contributed by atoms with Crippen molar-refractivity contribution in [1.29, 1.82) is 0 Å². The Morgan fingerprint density at radius 3 is 2.34 bits per heavy atom. The number of halogens is 1. The third-order valence-corrected chi connectivity index (χ3v) is 10.4. The summed E-state index contributed by atoms with van der Waals surface area (Å²) in [5.41, 5.74) is 4.26. The van der Waals surface area contributed by atoms with Crippen LogP contribution in [-0.2, 0) is 9.59 Å². The second kappa shape index (κ2) is 13.6. The third-order valence-electron chi connectivity index (χ3n) is 10.1. The summed E-state index contributed by atoms with van der Waals surface area (Å²) in [6.07, 6.45) is 2.75. The van der Waals surface area contributed by atoms with Crippen molar-refractivity contribution in [2.75, 3.05) is 49.6 Å². The number of rotatable bonds is 7. The molecule has 13 heteroatoms. The van der Waals surface area contributed by atoms with Crippen LogP contribution in [0.1, 0.15) is 63.2 Å². The zero-order valence-electron chi connectivity index (χ0n) is 27.6. The molecule has 3 saturated heterocycles. The van der Waals surface area contributed by atoms with Crippen LogP contribution in [-0.4, -0.2) is 91.2 Å². The maximum absolute atomic E-state index is 13.8. The van der Waals surface area contributed by atoms with E-state index in [0.29, 0.717) is 36.1 Å². The first kappa shape index (κ1) is 33.3. The maximum atomic E-state index is 13.8. The Kier molecular flexibility index (Phi) is 9.04. The molecule has 0 bridgehead atoms. The summed E-state index contributed by atoms with van der Waals surface area (Å²) in [4.78, 5) is 83.1. The fraction of sp³-hybridized carbons (Fsp3) is 0.351. The van der Waals surface area contributed by atoms with Crippen molar-refractivity contribution in [2.24, 2.45) is 5.92 Å². The number of fused-ring (bicyclic) bond motifs is 1. The fourth-order valence-corrected chi connectivity index (χ4v) is 7.70. The van der Waals surface area contributed by atoms with Gasteiger partial charge in [-0.1, -0.05) is 29.8 Å². The van der Waals surface area contributed by atoms with Gasteiger partial charge in [-0.25, -0.2) is 4.79 Å². The molecule has 1 unspecified atom stereocenters. The van der Waals surface area contributed by atoms with Crippen molar-refractivity contribution in [3.8, 4) is 11.1 Å². The number of hydrogen-bond donors (Lipinski definition) is 2. The largest absolute Gasteiger partial charge is 0.371 e. The van der Waals surface area contributed by atoms with Crippen LogP contribution in [0.15, 0.2) is 60.7 Å². The van der Waals surface area contributed by atoms with E-state index in [4.69, 9.17) is 11.6 Å². The monoisotopic (exact) mass is 696 g/mol. The first-order chi connectivity index (χ1) is 24.1. The Balaban J connectivity index is 0.976. The molecule has 4 aliphatic rings. The average molecular weight is 697 g/mol. The van der Waals surface area contributed by atoms with Crippen molar-refractivity contribution in [3.05, 3.63) is 82.4 Å². The summed E-state index contributed by atoms with van der Waals surface area (Å²) in [5.74, 6) is -1.98. The van der Waals surface area contributed by atoms with Gasteiger partial charge in [0.2, 0.25) is 11.8 Å². The predicted molar refractivity (Wildman–Crippen MR) is 187 cm³/mol. The summed E-state index contributed by atoms with van der Waals surface area (Å²) in [5, 5.41) is 5.28. The van der Waals surface area contributed by atoms with Crippen LogP contribution >= 0.6 is 11.6 Å². The highest BCUT2D eigenvalue weighted by Crippen LogP contribution is 2.34. The number of hydrogen-bond acceptors (Lipinski definition) is 7. The number of imide groups is 2. The predicted octanol–water partition coefficient (Wildman–Crippen LogP) is 4.32. The molecule has 0 radical (unpaired) electrons. The number of amides is 7. The summed E-state index contributed by atoms with van der Waals surface area (Å²) in [6, 6.07) is 17.1. The first-order valence-corrected chi connectivity index (χ1v) is 17.3. The summed E-state index contributed by atoms with van der Waals surface area (Å²) < 4.78 is 0. The molecule has 0 aliphatic carbocycles. The van der Waals surface area contributed by atoms with Gasteiger partial charge in [0.15, 0.2) is 0 Å². The summed E-state index contributed by atoms with van der Waals surface area (Å²) in [7, 11) is 1.57. The molecule has 50 heavy (non-hydrogen) atoms. The third kappa shape index (κ3) is 6.19. The Hall–Kier alpha value is -5.23. The smallest absolute Gasteiger partial charge is 0.324 e. The van der Waals surface area contributed by atoms with E-state index in [1.165, 1.54) is 0 Å². The van der Waals surface area contributed by atoms with Crippen LogP contribution in [0.25, 0.3) is 11.1 Å². The Morgan fingerprint density at radius 1 is 0.840 bits per heavy atom. The number of nitrogens with zero attached hydrogens (tertiary/aromatic N) is 4. The van der Waals surface area contributed by atoms with Gasteiger partial charge in [0.05, 0.1) is 11.1 Å². The highest BCUT2D eigenvalue weighted by Gasteiger charge is 2.45. The summed E-state index contributed by atoms with van der Waals surface area (Å²) >= 11 is 6.57. The minimum absolute atomic E-state index is 0.0285. The van der Waals surface area contributed by atoms with Crippen LogP contribution in [0.2, 0.25) is 5.02 Å². The van der Waals surface area contributed by atoms with E-state index in [1.807, 2.05) is 46.2 Å². The highest BCUT2D eigenvalue weighted by molar-refractivity contribution is 6.33. The van der Waals surface area contributed by atoms with Crippen molar-refractivity contribution >= 4 is 58.5 Å². The van der Waals surface area contributed by atoms with Crippen LogP contribution in [0.4, 0.5) is 16.2 Å². The first-order valence-electron chi connectivity index (χ1n) is 16.9. The standard InChI is InChI=1S/C37H37ClN6O6/c1-39-33(46)24-6-8-27(30(38)19-24)23-4-2-5-26(18-23)43-15-3-14-42(37(43)50)21-22-12-16-41(17-13-22)25-7-9-28-29(20-25)36(49)44(35(28)48)31-10-11-32(45)40-34(31)47/h2,4-9,18-20,22,31H,3,10-17,21H2,1H3,(H,39,46)(H,40,45,47). The Morgan fingerprint density at radius 2 is 1.60 bits per heavy atom. The number of carbonyl (C=O) groups excluding carboxylic acids is 6. The van der Waals surface area contributed by atoms with Gasteiger partial charge in [-0.05, 0) is 79.6 Å². The van der Waals surface area contributed by atoms with Gasteiger partial charge in [-0.3, -0.25) is 39.1 Å². The quantitative estimate of drug-likeness (QED) is 0.351. The van der Waals surface area contributed by atoms with Gasteiger partial charge in [0.25, 0.3) is 17.7 Å². The molecular weight excluding hydrogens is 660 g/mol. The number of benzene rings is 3. The fourth-order valence-electron chi connectivity index (χ4n) is 7.41. The number of urea groups is 1. The lowest BCUT2D eigenvalue weighted by Gasteiger charge is -2.40. The molecule has 7 rings (SSSR count). The van der Waals surface area contributed by atoms with Gasteiger partial charge in [0.1, 0.15) is 6.04 Å². The van der Waals surface area contributed by atoms with E-state index in [2.05, 4.69) is 15.5 Å². The zero-order valence-corrected chi connectivity index (χ0v) is 28.4. The molecular formula is C37H37ClN6O6. The highest BCUT2D eigenvalue weighted by atomic mass is 35.5. The molecule has 4 heterocycles. The number of carbonyl (C=O) groups is 6. The van der Waals surface area contributed by atoms with Gasteiger partial charge in [-0.15, -0.1) is 0 Å². The maximum Gasteiger partial charge on any atom is 0.324 e. The van der Waals surface area contributed by atoms with E-state index in [0.717, 1.165) is 59.8 Å². The van der Waals surface area contributed by atoms with Crippen LogP contribution in [0, 0.1) is 5.92 Å². The second-order valence-corrected chi connectivity index (χ2v) is 13.6. The lowest BCUT2D eigenvalue weighted by Crippen LogP contribution is -2.54. The van der Waals surface area contributed by atoms with E-state index < -0.39 is 29.7 Å². The number of piperidine rings is 2. The lowest BCUT2D eigenvalue weighted by atomic mass is 9.95. The SMILES string of the molecule is CNC(=O)c1ccc(-c2cccc(N3CCCN(CC4CCN(c5ccc6c(c5)C(=O)N(C5CCC(=O)NC5=O)C6=O)CC4)C3=O)c2)c(Cl)c1. The normalized spacial score (nSPS) is 20.0. The second-order valence-electron chi connectivity index (χ2n) is 13.2. The van der Waals surface area contributed by atoms with Crippen molar-refractivity contribution in [1.82, 2.24) is 20.4 Å². The van der Waals surface area contributed by atoms with E-state index >= 15 is 0 Å². The summed E-state index contributed by atoms with van der Waals surface area (Å²) in [6.45, 7) is 3.41. The van der Waals surface area contributed by atoms with Crippen LogP contribution in [0.5, 0.6) is 0 Å². The van der Waals surface area contributed by atoms with E-state index in [1.54, 1.807) is 31.3 Å². The minimum atomic E-state index is -0.996. The van der Waals surface area contributed by atoms with Crippen molar-refractivity contribution in [2.45, 2.75) is 38.1 Å². The minimum Gasteiger partial charge on any atom is -0.371 e. The molecule has 0 aromatic heterocycles. The molecule has 12 nitrogen and oxygen atoms in total. The van der Waals surface area contributed by atoms with Crippen molar-refractivity contribution < 1.29 is 28.8 Å². The topological polar surface area (TPSA) is 139 Å². The zero-order chi connectivity index (χ0) is 35.1. The molecule has 0 saturated carbocycles. The van der Waals surface area contributed by atoms with Gasteiger partial charge >= 0.3 is 6.03 Å². The van der Waals surface area contributed by atoms with Crippen LogP contribution in [0.3, 0.4) is 0 Å². The van der Waals surface area contributed by atoms with E-state index in [-0.39, 0.29) is 35.9 Å². The lowest BCUT2D eigenvalue weighted by molar-refractivity contribution is -0.136.